The molecule has 2 atom stereocenters. The van der Waals surface area contributed by atoms with Crippen molar-refractivity contribution in [1.82, 2.24) is 5.32 Å². The van der Waals surface area contributed by atoms with Gasteiger partial charge in [-0.15, -0.1) is 0 Å². The molecule has 2 fully saturated rings. The minimum absolute atomic E-state index is 0.0400. The van der Waals surface area contributed by atoms with E-state index < -0.39 is 11.9 Å². The van der Waals surface area contributed by atoms with Gasteiger partial charge in [-0.3, -0.25) is 9.59 Å². The third-order valence-corrected chi connectivity index (χ3v) is 4.76. The highest BCUT2D eigenvalue weighted by Crippen LogP contribution is 2.48. The molecule has 0 aromatic heterocycles. The van der Waals surface area contributed by atoms with Crippen LogP contribution in [0.15, 0.2) is 0 Å². The van der Waals surface area contributed by atoms with E-state index in [1.165, 1.54) is 12.8 Å². The molecule has 0 unspecified atom stereocenters. The zero-order valence-corrected chi connectivity index (χ0v) is 11.1. The Morgan fingerprint density at radius 3 is 2.33 bits per heavy atom. The van der Waals surface area contributed by atoms with Crippen molar-refractivity contribution in [3.8, 4) is 0 Å². The van der Waals surface area contributed by atoms with Crippen molar-refractivity contribution in [1.29, 1.82) is 0 Å². The first-order chi connectivity index (χ1) is 8.58. The molecule has 4 nitrogen and oxygen atoms in total. The Kier molecular flexibility index (Phi) is 3.93. The Balaban J connectivity index is 1.88. The number of carboxylic acids is 1. The largest absolute Gasteiger partial charge is 0.481 e. The molecule has 0 aromatic rings. The fourth-order valence-electron chi connectivity index (χ4n) is 2.98. The summed E-state index contributed by atoms with van der Waals surface area (Å²) in [6.45, 7) is 2.88. The lowest BCUT2D eigenvalue weighted by atomic mass is 9.78. The highest BCUT2D eigenvalue weighted by Gasteiger charge is 2.42. The fourth-order valence-corrected chi connectivity index (χ4v) is 2.98. The molecule has 2 aliphatic carbocycles. The number of nitrogens with one attached hydrogen (secondary N) is 1. The molecule has 0 radical (unpaired) electrons. The van der Waals surface area contributed by atoms with Crippen molar-refractivity contribution >= 4 is 11.9 Å². The SMILES string of the molecule is CCC1(CNC(=O)[C@@H]2CCCC[C@@H]2C(=O)O)CC1. The number of carbonyl (C=O) groups is 2. The standard InChI is InChI=1S/C14H23NO3/c1-2-14(7-8-14)9-15-12(16)10-5-3-4-6-11(10)13(17)18/h10-11H,2-9H2,1H3,(H,15,16)(H,17,18)/t10-,11+/m1/s1. The van der Waals surface area contributed by atoms with E-state index >= 15 is 0 Å². The molecular formula is C14H23NO3. The second-order valence-corrected chi connectivity index (χ2v) is 5.91. The third kappa shape index (κ3) is 2.85. The van der Waals surface area contributed by atoms with Crippen LogP contribution in [-0.4, -0.2) is 23.5 Å². The summed E-state index contributed by atoms with van der Waals surface area (Å²) < 4.78 is 0. The average Bonchev–Trinajstić information content (AvgIpc) is 3.16. The monoisotopic (exact) mass is 253 g/mol. The summed E-state index contributed by atoms with van der Waals surface area (Å²) >= 11 is 0. The fraction of sp³-hybridized carbons (Fsp3) is 0.857. The van der Waals surface area contributed by atoms with Gasteiger partial charge in [0, 0.05) is 6.54 Å². The van der Waals surface area contributed by atoms with Gasteiger partial charge in [0.15, 0.2) is 0 Å². The Hall–Kier alpha value is -1.06. The number of rotatable bonds is 5. The average molecular weight is 253 g/mol. The van der Waals surface area contributed by atoms with E-state index in [0.717, 1.165) is 32.2 Å². The summed E-state index contributed by atoms with van der Waals surface area (Å²) in [4.78, 5) is 23.3. The third-order valence-electron chi connectivity index (χ3n) is 4.76. The van der Waals surface area contributed by atoms with Crippen molar-refractivity contribution in [3.05, 3.63) is 0 Å². The maximum absolute atomic E-state index is 12.1. The van der Waals surface area contributed by atoms with Gasteiger partial charge in [0.2, 0.25) is 5.91 Å². The van der Waals surface area contributed by atoms with Gasteiger partial charge in [-0.05, 0) is 37.5 Å². The summed E-state index contributed by atoms with van der Waals surface area (Å²) in [5, 5.41) is 12.2. The van der Waals surface area contributed by atoms with E-state index in [0.29, 0.717) is 11.8 Å². The number of carboxylic acid groups (broad SMARTS) is 1. The second kappa shape index (κ2) is 5.29. The molecule has 2 aliphatic rings. The minimum Gasteiger partial charge on any atom is -0.481 e. The lowest BCUT2D eigenvalue weighted by molar-refractivity contribution is -0.149. The molecule has 1 amide bonds. The number of hydrogen-bond acceptors (Lipinski definition) is 2. The molecule has 102 valence electrons. The van der Waals surface area contributed by atoms with Gasteiger partial charge in [-0.2, -0.15) is 0 Å². The van der Waals surface area contributed by atoms with Gasteiger partial charge in [-0.25, -0.2) is 0 Å². The van der Waals surface area contributed by atoms with Gasteiger partial charge < -0.3 is 10.4 Å². The van der Waals surface area contributed by atoms with E-state index in [1.54, 1.807) is 0 Å². The Morgan fingerprint density at radius 1 is 1.22 bits per heavy atom. The van der Waals surface area contributed by atoms with Crippen LogP contribution >= 0.6 is 0 Å². The Bertz CT molecular complexity index is 336. The van der Waals surface area contributed by atoms with Crippen molar-refractivity contribution < 1.29 is 14.7 Å². The molecule has 0 saturated heterocycles. The van der Waals surface area contributed by atoms with Crippen LogP contribution in [0.4, 0.5) is 0 Å². The van der Waals surface area contributed by atoms with Crippen LogP contribution in [0.25, 0.3) is 0 Å². The number of hydrogen-bond donors (Lipinski definition) is 2. The molecule has 0 bridgehead atoms. The van der Waals surface area contributed by atoms with Gasteiger partial charge in [0.1, 0.15) is 0 Å². The first-order valence-electron chi connectivity index (χ1n) is 7.08. The summed E-state index contributed by atoms with van der Waals surface area (Å²) in [5.41, 5.74) is 0.322. The minimum atomic E-state index is -0.813. The van der Waals surface area contributed by atoms with Crippen LogP contribution in [0.2, 0.25) is 0 Å². The summed E-state index contributed by atoms with van der Waals surface area (Å²) in [5.74, 6) is -1.65. The molecule has 2 saturated carbocycles. The zero-order chi connectivity index (χ0) is 13.2. The molecule has 0 spiro atoms. The van der Waals surface area contributed by atoms with Crippen molar-refractivity contribution in [3.63, 3.8) is 0 Å². The maximum atomic E-state index is 12.1. The van der Waals surface area contributed by atoms with Gasteiger partial charge in [-0.1, -0.05) is 19.8 Å². The quantitative estimate of drug-likeness (QED) is 0.789. The van der Waals surface area contributed by atoms with Crippen LogP contribution in [0.5, 0.6) is 0 Å². The highest BCUT2D eigenvalue weighted by molar-refractivity contribution is 5.84. The van der Waals surface area contributed by atoms with E-state index in [-0.39, 0.29) is 11.8 Å². The predicted molar refractivity (Wildman–Crippen MR) is 68.1 cm³/mol. The smallest absolute Gasteiger partial charge is 0.307 e. The van der Waals surface area contributed by atoms with Crippen molar-refractivity contribution in [2.45, 2.75) is 51.9 Å². The van der Waals surface area contributed by atoms with E-state index in [2.05, 4.69) is 12.2 Å². The zero-order valence-electron chi connectivity index (χ0n) is 11.1. The second-order valence-electron chi connectivity index (χ2n) is 5.91. The van der Waals surface area contributed by atoms with E-state index in [4.69, 9.17) is 5.11 Å². The maximum Gasteiger partial charge on any atom is 0.307 e. The molecule has 2 rings (SSSR count). The van der Waals surface area contributed by atoms with Crippen LogP contribution < -0.4 is 5.32 Å². The highest BCUT2D eigenvalue weighted by atomic mass is 16.4. The van der Waals surface area contributed by atoms with Gasteiger partial charge in [0.05, 0.1) is 11.8 Å². The van der Waals surface area contributed by atoms with E-state index in [1.807, 2.05) is 0 Å². The van der Waals surface area contributed by atoms with Crippen LogP contribution in [0.3, 0.4) is 0 Å². The van der Waals surface area contributed by atoms with Crippen LogP contribution in [-0.2, 0) is 9.59 Å². The van der Waals surface area contributed by atoms with Gasteiger partial charge >= 0.3 is 5.97 Å². The molecule has 0 aliphatic heterocycles. The first-order valence-corrected chi connectivity index (χ1v) is 7.08. The van der Waals surface area contributed by atoms with Crippen LogP contribution in [0.1, 0.15) is 51.9 Å². The number of aliphatic carboxylic acids is 1. The van der Waals surface area contributed by atoms with E-state index in [9.17, 15) is 9.59 Å². The van der Waals surface area contributed by atoms with Crippen LogP contribution in [0, 0.1) is 17.3 Å². The van der Waals surface area contributed by atoms with Gasteiger partial charge in [0.25, 0.3) is 0 Å². The lowest BCUT2D eigenvalue weighted by Gasteiger charge is -2.28. The predicted octanol–water partition coefficient (Wildman–Crippen LogP) is 2.18. The molecule has 0 heterocycles. The normalized spacial score (nSPS) is 29.6. The van der Waals surface area contributed by atoms with Crippen molar-refractivity contribution in [2.24, 2.45) is 17.3 Å². The molecule has 2 N–H and O–H groups in total. The summed E-state index contributed by atoms with van der Waals surface area (Å²) in [6, 6.07) is 0. The molecule has 4 heteroatoms. The first kappa shape index (κ1) is 13.4. The summed E-state index contributed by atoms with van der Waals surface area (Å²) in [6.07, 6.45) is 6.75. The molecule has 18 heavy (non-hydrogen) atoms. The summed E-state index contributed by atoms with van der Waals surface area (Å²) in [7, 11) is 0. The van der Waals surface area contributed by atoms with Crippen molar-refractivity contribution in [2.75, 3.05) is 6.54 Å². The molecular weight excluding hydrogens is 230 g/mol. The Labute approximate surface area is 108 Å². The number of carbonyl (C=O) groups excluding carboxylic acids is 1. The molecule has 0 aromatic carbocycles. The lowest BCUT2D eigenvalue weighted by Crippen LogP contribution is -2.41. The topological polar surface area (TPSA) is 66.4 Å². The Morgan fingerprint density at radius 2 is 1.83 bits per heavy atom. The number of amides is 1.